The molecule has 3 rings (SSSR count). The highest BCUT2D eigenvalue weighted by atomic mass is 32.2. The van der Waals surface area contributed by atoms with Gasteiger partial charge in [-0.05, 0) is 44.6 Å². The number of ether oxygens (including phenoxy) is 1. The summed E-state index contributed by atoms with van der Waals surface area (Å²) in [5.41, 5.74) is 0.298. The van der Waals surface area contributed by atoms with Gasteiger partial charge in [-0.2, -0.15) is 0 Å². The average Bonchev–Trinajstić information content (AvgIpc) is 3.16. The molecule has 21 heavy (non-hydrogen) atoms. The lowest BCUT2D eigenvalue weighted by Crippen LogP contribution is -2.22. The van der Waals surface area contributed by atoms with Gasteiger partial charge in [0.25, 0.3) is 0 Å². The number of aromatic nitrogens is 1. The maximum Gasteiger partial charge on any atom is 0.355 e. The Hall–Kier alpha value is -1.34. The van der Waals surface area contributed by atoms with E-state index >= 15 is 0 Å². The van der Waals surface area contributed by atoms with Crippen molar-refractivity contribution in [3.05, 3.63) is 18.0 Å². The molecule has 1 aromatic rings. The van der Waals surface area contributed by atoms with Crippen LogP contribution in [0.1, 0.15) is 61.5 Å². The number of hydrogen-bond acceptors (Lipinski definition) is 4. The van der Waals surface area contributed by atoms with E-state index in [0.717, 1.165) is 38.5 Å². The molecule has 0 radical (unpaired) electrons. The number of hydrogen-bond donors (Lipinski definition) is 1. The molecule has 2 N–H and O–H groups in total. The lowest BCUT2D eigenvalue weighted by molar-refractivity contribution is 0.0199. The largest absolute Gasteiger partial charge is 0.458 e. The van der Waals surface area contributed by atoms with Crippen LogP contribution in [0.5, 0.6) is 0 Å². The lowest BCUT2D eigenvalue weighted by atomic mass is 9.98. The molecular formula is C14H20N2O4S. The van der Waals surface area contributed by atoms with E-state index in [-0.39, 0.29) is 17.0 Å². The first-order valence-electron chi connectivity index (χ1n) is 7.41. The standard InChI is InChI=1S/C14H20N2O4S/c15-21(18,19)12-8-13(16(9-12)10-6-7-10)14(17)20-11-4-2-1-3-5-11/h8-11H,1-7H2,(H2,15,18,19). The number of rotatable bonds is 4. The highest BCUT2D eigenvalue weighted by molar-refractivity contribution is 7.89. The van der Waals surface area contributed by atoms with Crippen LogP contribution >= 0.6 is 0 Å². The number of nitrogens with zero attached hydrogens (tertiary/aromatic N) is 1. The van der Waals surface area contributed by atoms with E-state index in [1.54, 1.807) is 4.57 Å². The highest BCUT2D eigenvalue weighted by Gasteiger charge is 2.31. The molecule has 7 heteroatoms. The van der Waals surface area contributed by atoms with Crippen LogP contribution in [-0.2, 0) is 14.8 Å². The Labute approximate surface area is 124 Å². The lowest BCUT2D eigenvalue weighted by Gasteiger charge is -2.22. The summed E-state index contributed by atoms with van der Waals surface area (Å²) >= 11 is 0. The summed E-state index contributed by atoms with van der Waals surface area (Å²) in [5.74, 6) is -0.441. The molecular weight excluding hydrogens is 292 g/mol. The average molecular weight is 312 g/mol. The van der Waals surface area contributed by atoms with Gasteiger partial charge < -0.3 is 9.30 Å². The van der Waals surface area contributed by atoms with Crippen molar-refractivity contribution >= 4 is 16.0 Å². The third-order valence-electron chi connectivity index (χ3n) is 4.13. The van der Waals surface area contributed by atoms with E-state index in [1.807, 2.05) is 0 Å². The summed E-state index contributed by atoms with van der Waals surface area (Å²) in [6, 6.07) is 1.52. The van der Waals surface area contributed by atoms with Crippen molar-refractivity contribution in [2.75, 3.05) is 0 Å². The van der Waals surface area contributed by atoms with Crippen molar-refractivity contribution in [3.63, 3.8) is 0 Å². The Morgan fingerprint density at radius 3 is 2.43 bits per heavy atom. The van der Waals surface area contributed by atoms with Crippen LogP contribution in [0.3, 0.4) is 0 Å². The SMILES string of the molecule is NS(=O)(=O)c1cc(C(=O)OC2CCCCC2)n(C2CC2)c1. The molecule has 2 aliphatic carbocycles. The number of carbonyl (C=O) groups excluding carboxylic acids is 1. The molecule has 0 spiro atoms. The van der Waals surface area contributed by atoms with Gasteiger partial charge in [-0.15, -0.1) is 0 Å². The molecule has 6 nitrogen and oxygen atoms in total. The topological polar surface area (TPSA) is 91.4 Å². The van der Waals surface area contributed by atoms with E-state index in [4.69, 9.17) is 9.88 Å². The summed E-state index contributed by atoms with van der Waals surface area (Å²) < 4.78 is 30.2. The molecule has 2 aliphatic rings. The summed E-state index contributed by atoms with van der Waals surface area (Å²) in [5, 5.41) is 5.15. The fraction of sp³-hybridized carbons (Fsp3) is 0.643. The van der Waals surface area contributed by atoms with E-state index < -0.39 is 16.0 Å². The minimum atomic E-state index is -3.81. The van der Waals surface area contributed by atoms with Gasteiger partial charge in [-0.1, -0.05) is 6.42 Å². The van der Waals surface area contributed by atoms with Gasteiger partial charge in [0.05, 0.1) is 0 Å². The van der Waals surface area contributed by atoms with Gasteiger partial charge in [-0.3, -0.25) is 0 Å². The zero-order chi connectivity index (χ0) is 15.0. The first-order valence-corrected chi connectivity index (χ1v) is 8.95. The fourth-order valence-corrected chi connectivity index (χ4v) is 3.36. The molecule has 116 valence electrons. The fourth-order valence-electron chi connectivity index (χ4n) is 2.82. The summed E-state index contributed by atoms with van der Waals surface area (Å²) in [7, 11) is -3.81. The third kappa shape index (κ3) is 3.29. The van der Waals surface area contributed by atoms with Crippen LogP contribution in [-0.4, -0.2) is 25.1 Å². The maximum absolute atomic E-state index is 12.3. The van der Waals surface area contributed by atoms with Gasteiger partial charge in [-0.25, -0.2) is 18.4 Å². The Kier molecular flexibility index (Phi) is 3.79. The number of sulfonamides is 1. The van der Waals surface area contributed by atoms with Crippen molar-refractivity contribution in [1.29, 1.82) is 0 Å². The third-order valence-corrected chi connectivity index (χ3v) is 5.01. The van der Waals surface area contributed by atoms with Crippen LogP contribution in [0.4, 0.5) is 0 Å². The summed E-state index contributed by atoms with van der Waals surface area (Å²) in [6.45, 7) is 0. The quantitative estimate of drug-likeness (QED) is 0.860. The molecule has 1 aromatic heterocycles. The normalized spacial score (nSPS) is 20.4. The van der Waals surface area contributed by atoms with Crippen LogP contribution in [0, 0.1) is 0 Å². The molecule has 0 saturated heterocycles. The van der Waals surface area contributed by atoms with Gasteiger partial charge in [0.15, 0.2) is 0 Å². The number of nitrogens with two attached hydrogens (primary N) is 1. The monoisotopic (exact) mass is 312 g/mol. The van der Waals surface area contributed by atoms with Crippen molar-refractivity contribution in [2.24, 2.45) is 5.14 Å². The first-order chi connectivity index (χ1) is 9.95. The predicted octanol–water partition coefficient (Wildman–Crippen LogP) is 1.96. The van der Waals surface area contributed by atoms with Crippen molar-refractivity contribution in [2.45, 2.75) is 62.0 Å². The van der Waals surface area contributed by atoms with Crippen LogP contribution in [0.2, 0.25) is 0 Å². The van der Waals surface area contributed by atoms with Crippen molar-refractivity contribution in [1.82, 2.24) is 4.57 Å². The van der Waals surface area contributed by atoms with Crippen LogP contribution in [0.15, 0.2) is 17.2 Å². The molecule has 0 amide bonds. The second-order valence-electron chi connectivity index (χ2n) is 5.91. The molecule has 1 heterocycles. The van der Waals surface area contributed by atoms with Gasteiger partial charge in [0.1, 0.15) is 16.7 Å². The number of carbonyl (C=O) groups is 1. The van der Waals surface area contributed by atoms with Crippen molar-refractivity contribution in [3.8, 4) is 0 Å². The molecule has 2 fully saturated rings. The van der Waals surface area contributed by atoms with Gasteiger partial charge >= 0.3 is 5.97 Å². The molecule has 2 saturated carbocycles. The second-order valence-corrected chi connectivity index (χ2v) is 7.47. The molecule has 0 atom stereocenters. The highest BCUT2D eigenvalue weighted by Crippen LogP contribution is 2.37. The Bertz CT molecular complexity index is 640. The zero-order valence-corrected chi connectivity index (χ0v) is 12.6. The Morgan fingerprint density at radius 2 is 1.86 bits per heavy atom. The van der Waals surface area contributed by atoms with E-state index in [2.05, 4.69) is 0 Å². The second kappa shape index (κ2) is 5.46. The van der Waals surface area contributed by atoms with Crippen molar-refractivity contribution < 1.29 is 17.9 Å². The summed E-state index contributed by atoms with van der Waals surface area (Å²) in [6.07, 6.45) is 8.40. The van der Waals surface area contributed by atoms with Gasteiger partial charge in [0, 0.05) is 12.2 Å². The molecule has 0 bridgehead atoms. The predicted molar refractivity (Wildman–Crippen MR) is 76.4 cm³/mol. The van der Waals surface area contributed by atoms with E-state index in [9.17, 15) is 13.2 Å². The smallest absolute Gasteiger partial charge is 0.355 e. The minimum absolute atomic E-state index is 0.0232. The zero-order valence-electron chi connectivity index (χ0n) is 11.8. The number of primary sulfonamides is 1. The van der Waals surface area contributed by atoms with Crippen LogP contribution in [0.25, 0.3) is 0 Å². The first kappa shape index (κ1) is 14.6. The Morgan fingerprint density at radius 1 is 1.19 bits per heavy atom. The summed E-state index contributed by atoms with van der Waals surface area (Å²) in [4.78, 5) is 12.3. The number of esters is 1. The molecule has 0 unspecified atom stereocenters. The maximum atomic E-state index is 12.3. The molecule has 0 aromatic carbocycles. The molecule has 0 aliphatic heterocycles. The van der Waals surface area contributed by atoms with Crippen LogP contribution < -0.4 is 5.14 Å². The Balaban J connectivity index is 1.82. The van der Waals surface area contributed by atoms with E-state index in [0.29, 0.717) is 5.69 Å². The van der Waals surface area contributed by atoms with Gasteiger partial charge in [0.2, 0.25) is 10.0 Å². The van der Waals surface area contributed by atoms with E-state index in [1.165, 1.54) is 18.7 Å². The minimum Gasteiger partial charge on any atom is -0.458 e.